The minimum absolute atomic E-state index is 0.605. The molecule has 0 spiro atoms. The van der Waals surface area contributed by atoms with Crippen LogP contribution in [0.4, 0.5) is 0 Å². The summed E-state index contributed by atoms with van der Waals surface area (Å²) in [4.78, 5) is 0. The SMILES string of the molecule is C(COc1ccc2ccccc2c1-c1c(OCC=C2CC2)ccc2ccccc12)=C1CC1. The van der Waals surface area contributed by atoms with Crippen LogP contribution in [0.25, 0.3) is 32.7 Å². The fourth-order valence-electron chi connectivity index (χ4n) is 4.31. The zero-order chi connectivity index (χ0) is 21.3. The Bertz CT molecular complexity index is 1260. The van der Waals surface area contributed by atoms with E-state index in [1.54, 1.807) is 0 Å². The van der Waals surface area contributed by atoms with E-state index in [9.17, 15) is 0 Å². The van der Waals surface area contributed by atoms with Gasteiger partial charge in [0.25, 0.3) is 0 Å². The molecule has 158 valence electrons. The number of benzene rings is 4. The van der Waals surface area contributed by atoms with Gasteiger partial charge in [-0.15, -0.1) is 0 Å². The lowest BCUT2D eigenvalue weighted by molar-refractivity contribution is 0.359. The second kappa shape index (κ2) is 8.20. The van der Waals surface area contributed by atoms with E-state index >= 15 is 0 Å². The second-order valence-corrected chi connectivity index (χ2v) is 8.67. The molecule has 0 aromatic heterocycles. The van der Waals surface area contributed by atoms with Crippen molar-refractivity contribution in [2.45, 2.75) is 25.7 Å². The Morgan fingerprint density at radius 2 is 0.969 bits per heavy atom. The first-order valence-corrected chi connectivity index (χ1v) is 11.5. The molecule has 4 aromatic carbocycles. The highest BCUT2D eigenvalue weighted by atomic mass is 16.5. The minimum atomic E-state index is 0.605. The van der Waals surface area contributed by atoms with Crippen LogP contribution in [-0.4, -0.2) is 13.2 Å². The van der Waals surface area contributed by atoms with E-state index in [2.05, 4.69) is 84.9 Å². The summed E-state index contributed by atoms with van der Waals surface area (Å²) < 4.78 is 12.7. The van der Waals surface area contributed by atoms with Gasteiger partial charge in [-0.2, -0.15) is 0 Å². The van der Waals surface area contributed by atoms with Crippen molar-refractivity contribution < 1.29 is 9.47 Å². The minimum Gasteiger partial charge on any atom is -0.489 e. The smallest absolute Gasteiger partial charge is 0.128 e. The van der Waals surface area contributed by atoms with Crippen LogP contribution in [0.2, 0.25) is 0 Å². The molecule has 2 aliphatic rings. The highest BCUT2D eigenvalue weighted by molar-refractivity contribution is 6.09. The normalized spacial score (nSPS) is 14.5. The molecule has 4 aromatic rings. The van der Waals surface area contributed by atoms with Crippen molar-refractivity contribution in [1.29, 1.82) is 0 Å². The van der Waals surface area contributed by atoms with Crippen LogP contribution >= 0.6 is 0 Å². The van der Waals surface area contributed by atoms with Gasteiger partial charge in [-0.3, -0.25) is 0 Å². The second-order valence-electron chi connectivity index (χ2n) is 8.67. The van der Waals surface area contributed by atoms with Crippen molar-refractivity contribution in [3.8, 4) is 22.6 Å². The van der Waals surface area contributed by atoms with Crippen LogP contribution in [0.3, 0.4) is 0 Å². The first-order chi connectivity index (χ1) is 15.9. The highest BCUT2D eigenvalue weighted by Gasteiger charge is 2.19. The maximum Gasteiger partial charge on any atom is 0.128 e. The van der Waals surface area contributed by atoms with Gasteiger partial charge < -0.3 is 9.47 Å². The van der Waals surface area contributed by atoms with E-state index in [4.69, 9.17) is 9.47 Å². The van der Waals surface area contributed by atoms with Gasteiger partial charge in [0.15, 0.2) is 0 Å². The van der Waals surface area contributed by atoms with Gasteiger partial charge in [0.2, 0.25) is 0 Å². The maximum atomic E-state index is 6.36. The van der Waals surface area contributed by atoms with Crippen molar-refractivity contribution in [2.24, 2.45) is 0 Å². The summed E-state index contributed by atoms with van der Waals surface area (Å²) in [5.41, 5.74) is 5.22. The van der Waals surface area contributed by atoms with E-state index in [0.717, 1.165) is 22.6 Å². The number of fused-ring (bicyclic) bond motifs is 2. The molecule has 0 atom stereocenters. The van der Waals surface area contributed by atoms with Gasteiger partial charge in [-0.05, 0) is 71.5 Å². The van der Waals surface area contributed by atoms with Gasteiger partial charge in [0.1, 0.15) is 24.7 Å². The zero-order valence-corrected chi connectivity index (χ0v) is 18.1. The molecule has 2 nitrogen and oxygen atoms in total. The Balaban J connectivity index is 1.55. The molecule has 0 amide bonds. The Morgan fingerprint density at radius 1 is 0.531 bits per heavy atom. The van der Waals surface area contributed by atoms with Gasteiger partial charge in [-0.25, -0.2) is 0 Å². The fraction of sp³-hybridized carbons (Fsp3) is 0.200. The molecular weight excluding hydrogens is 392 g/mol. The first kappa shape index (κ1) is 19.2. The quantitative estimate of drug-likeness (QED) is 0.284. The summed E-state index contributed by atoms with van der Waals surface area (Å²) >= 11 is 0. The van der Waals surface area contributed by atoms with Gasteiger partial charge in [0, 0.05) is 11.1 Å². The Morgan fingerprint density at radius 3 is 1.41 bits per heavy atom. The molecule has 0 heterocycles. The molecule has 2 saturated carbocycles. The van der Waals surface area contributed by atoms with Crippen LogP contribution in [-0.2, 0) is 0 Å². The number of allylic oxidation sites excluding steroid dienone is 2. The molecule has 2 heteroatoms. The Labute approximate surface area is 188 Å². The van der Waals surface area contributed by atoms with E-state index in [-0.39, 0.29) is 0 Å². The van der Waals surface area contributed by atoms with Crippen LogP contribution in [0.5, 0.6) is 11.5 Å². The van der Waals surface area contributed by atoms with Crippen LogP contribution in [0, 0.1) is 0 Å². The third-order valence-electron chi connectivity index (χ3n) is 6.33. The van der Waals surface area contributed by atoms with Gasteiger partial charge in [0.05, 0.1) is 0 Å². The average molecular weight is 419 g/mol. The largest absolute Gasteiger partial charge is 0.489 e. The van der Waals surface area contributed by atoms with Gasteiger partial charge in [-0.1, -0.05) is 71.8 Å². The van der Waals surface area contributed by atoms with Crippen LogP contribution in [0.15, 0.2) is 96.1 Å². The van der Waals surface area contributed by atoms with Crippen molar-refractivity contribution in [2.75, 3.05) is 13.2 Å². The molecule has 0 unspecified atom stereocenters. The molecule has 0 radical (unpaired) electrons. The number of hydrogen-bond donors (Lipinski definition) is 0. The number of ether oxygens (including phenoxy) is 2. The average Bonchev–Trinajstić information content (AvgIpc) is 3.75. The predicted molar refractivity (Wildman–Crippen MR) is 133 cm³/mol. The van der Waals surface area contributed by atoms with E-state index in [0.29, 0.717) is 13.2 Å². The summed E-state index contributed by atoms with van der Waals surface area (Å²) in [6, 6.07) is 25.6. The summed E-state index contributed by atoms with van der Waals surface area (Å²) in [5.74, 6) is 1.81. The van der Waals surface area contributed by atoms with E-state index in [1.165, 1.54) is 58.4 Å². The summed E-state index contributed by atoms with van der Waals surface area (Å²) in [7, 11) is 0. The molecule has 0 saturated heterocycles. The van der Waals surface area contributed by atoms with Crippen molar-refractivity contribution in [3.63, 3.8) is 0 Å². The number of hydrogen-bond acceptors (Lipinski definition) is 2. The lowest BCUT2D eigenvalue weighted by Gasteiger charge is -2.19. The lowest BCUT2D eigenvalue weighted by atomic mass is 9.92. The lowest BCUT2D eigenvalue weighted by Crippen LogP contribution is -2.00. The van der Waals surface area contributed by atoms with Crippen LogP contribution < -0.4 is 9.47 Å². The van der Waals surface area contributed by atoms with Gasteiger partial charge >= 0.3 is 0 Å². The van der Waals surface area contributed by atoms with E-state index in [1.807, 2.05) is 0 Å². The molecular formula is C30H26O2. The summed E-state index contributed by atoms with van der Waals surface area (Å²) in [6.07, 6.45) is 9.30. The van der Waals surface area contributed by atoms with E-state index < -0.39 is 0 Å². The zero-order valence-electron chi connectivity index (χ0n) is 18.1. The third kappa shape index (κ3) is 3.89. The monoisotopic (exact) mass is 418 g/mol. The topological polar surface area (TPSA) is 18.5 Å². The summed E-state index contributed by atoms with van der Waals surface area (Å²) in [6.45, 7) is 1.21. The molecule has 32 heavy (non-hydrogen) atoms. The predicted octanol–water partition coefficient (Wildman–Crippen LogP) is 7.86. The van der Waals surface area contributed by atoms with Crippen LogP contribution in [0.1, 0.15) is 25.7 Å². The molecule has 0 N–H and O–H groups in total. The standard InChI is InChI=1S/C30H26O2/c1-3-7-25-23(5-1)13-15-27(31-19-17-21-9-10-21)29(25)30-26-8-4-2-6-24(26)14-16-28(30)32-20-18-22-11-12-22/h1-8,13-18H,9-12,19-20H2. The van der Waals surface area contributed by atoms with Crippen molar-refractivity contribution >= 4 is 21.5 Å². The molecule has 2 aliphatic carbocycles. The Kier molecular flexibility index (Phi) is 4.92. The van der Waals surface area contributed by atoms with Crippen molar-refractivity contribution in [1.82, 2.24) is 0 Å². The summed E-state index contributed by atoms with van der Waals surface area (Å²) in [5, 5.41) is 4.78. The van der Waals surface area contributed by atoms with Crippen molar-refractivity contribution in [3.05, 3.63) is 96.1 Å². The molecule has 6 rings (SSSR count). The fourth-order valence-corrected chi connectivity index (χ4v) is 4.31. The third-order valence-corrected chi connectivity index (χ3v) is 6.33. The molecule has 0 aliphatic heterocycles. The molecule has 2 fully saturated rings. The Hall–Kier alpha value is -3.52. The first-order valence-electron chi connectivity index (χ1n) is 11.5. The maximum absolute atomic E-state index is 6.36. The molecule has 0 bridgehead atoms. The number of rotatable bonds is 7. The highest BCUT2D eigenvalue weighted by Crippen LogP contribution is 2.45.